The summed E-state index contributed by atoms with van der Waals surface area (Å²) in [6.45, 7) is 5.89. The third kappa shape index (κ3) is 5.26. The number of likely N-dealkylation sites (tertiary alicyclic amines) is 1. The van der Waals surface area contributed by atoms with Crippen LogP contribution >= 0.6 is 0 Å². The van der Waals surface area contributed by atoms with Crippen molar-refractivity contribution in [1.29, 1.82) is 5.26 Å². The second-order valence-corrected chi connectivity index (χ2v) is 8.73. The normalized spacial score (nSPS) is 14.1. The first kappa shape index (κ1) is 23.9. The van der Waals surface area contributed by atoms with Gasteiger partial charge in [0.05, 0.1) is 31.0 Å². The summed E-state index contributed by atoms with van der Waals surface area (Å²) in [5.74, 6) is 0.241. The molecule has 10 heteroatoms. The third-order valence-corrected chi connectivity index (χ3v) is 6.16. The van der Waals surface area contributed by atoms with E-state index in [1.54, 1.807) is 16.9 Å². The Hall–Kier alpha value is -3.29. The molecule has 0 bridgehead atoms. The first-order valence-corrected chi connectivity index (χ1v) is 11.8. The van der Waals surface area contributed by atoms with E-state index in [1.165, 1.54) is 6.07 Å². The number of hydrogen-bond acceptors (Lipinski definition) is 8. The van der Waals surface area contributed by atoms with Crippen LogP contribution in [-0.4, -0.2) is 62.5 Å². The highest BCUT2D eigenvalue weighted by Gasteiger charge is 2.19. The van der Waals surface area contributed by atoms with Crippen LogP contribution in [0.25, 0.3) is 11.0 Å². The number of hydrogen-bond donors (Lipinski definition) is 2. The Balaban J connectivity index is 1.65. The molecule has 3 N–H and O–H groups in total. The zero-order valence-electron chi connectivity index (χ0n) is 19.5. The van der Waals surface area contributed by atoms with Crippen molar-refractivity contribution in [2.24, 2.45) is 0 Å². The molecule has 3 heterocycles. The monoisotopic (exact) mass is 466 g/mol. The molecule has 180 valence electrons. The van der Waals surface area contributed by atoms with Gasteiger partial charge in [-0.15, -0.1) is 0 Å². The largest absolute Gasteiger partial charge is 0.395 e. The quantitative estimate of drug-likeness (QED) is 0.468. The van der Waals surface area contributed by atoms with Crippen LogP contribution in [-0.2, 0) is 13.1 Å². The molecule has 0 saturated carbocycles. The first-order chi connectivity index (χ1) is 16.5. The van der Waals surface area contributed by atoms with Crippen LogP contribution in [0.5, 0.6) is 0 Å². The Morgan fingerprint density at radius 3 is 2.71 bits per heavy atom. The predicted molar refractivity (Wildman–Crippen MR) is 129 cm³/mol. The molecule has 1 fully saturated rings. The molecule has 1 aliphatic rings. The van der Waals surface area contributed by atoms with Crippen molar-refractivity contribution in [2.45, 2.75) is 45.7 Å². The minimum absolute atomic E-state index is 0.0314. The minimum Gasteiger partial charge on any atom is -0.395 e. The maximum Gasteiger partial charge on any atom is 0.222 e. The Bertz CT molecular complexity index is 1180. The lowest BCUT2D eigenvalue weighted by Gasteiger charge is -2.22. The number of benzene rings is 1. The van der Waals surface area contributed by atoms with Gasteiger partial charge in [-0.25, -0.2) is 9.37 Å². The molecule has 1 aliphatic heterocycles. The number of halogens is 1. The van der Waals surface area contributed by atoms with Crippen LogP contribution in [0.15, 0.2) is 18.3 Å². The summed E-state index contributed by atoms with van der Waals surface area (Å²) >= 11 is 0. The van der Waals surface area contributed by atoms with E-state index in [2.05, 4.69) is 33.0 Å². The molecule has 4 rings (SSSR count). The Morgan fingerprint density at radius 1 is 1.21 bits per heavy atom. The summed E-state index contributed by atoms with van der Waals surface area (Å²) < 4.78 is 16.7. The van der Waals surface area contributed by atoms with Gasteiger partial charge in [-0.2, -0.15) is 15.3 Å². The Kier molecular flexibility index (Phi) is 7.55. The number of aliphatic hydroxyl groups excluding tert-OH is 1. The molecular formula is C24H31FN8O. The summed E-state index contributed by atoms with van der Waals surface area (Å²) in [6.07, 6.45) is 5.91. The van der Waals surface area contributed by atoms with E-state index in [1.807, 2.05) is 4.90 Å². The van der Waals surface area contributed by atoms with Crippen molar-refractivity contribution in [1.82, 2.24) is 24.6 Å². The number of rotatable bonds is 10. The van der Waals surface area contributed by atoms with E-state index in [0.717, 1.165) is 44.3 Å². The molecular weight excluding hydrogens is 435 g/mol. The predicted octanol–water partition coefficient (Wildman–Crippen LogP) is 2.66. The highest BCUT2D eigenvalue weighted by atomic mass is 19.1. The van der Waals surface area contributed by atoms with Crippen molar-refractivity contribution in [2.75, 3.05) is 43.4 Å². The zero-order valence-corrected chi connectivity index (χ0v) is 19.5. The van der Waals surface area contributed by atoms with Crippen LogP contribution in [0.3, 0.4) is 0 Å². The highest BCUT2D eigenvalue weighted by Crippen LogP contribution is 2.25. The standard InChI is InChI=1S/C24H31FN8O/c1-2-3-8-32(9-10-34)23-22-21(28-24(27)29-23)16-33(30-22)15-19-18(13-26)11-17(12-20(19)25)14-31-6-4-5-7-31/h11-12,16,34H,2-10,14-15H2,1H3,(H2,27,28). The van der Waals surface area contributed by atoms with Gasteiger partial charge in [0, 0.05) is 25.2 Å². The second-order valence-electron chi connectivity index (χ2n) is 8.73. The van der Waals surface area contributed by atoms with Crippen molar-refractivity contribution < 1.29 is 9.50 Å². The molecule has 2 aromatic heterocycles. The maximum absolute atomic E-state index is 15.1. The van der Waals surface area contributed by atoms with E-state index in [4.69, 9.17) is 5.73 Å². The van der Waals surface area contributed by atoms with Crippen molar-refractivity contribution in [3.63, 3.8) is 0 Å². The van der Waals surface area contributed by atoms with Gasteiger partial charge in [-0.05, 0) is 50.0 Å². The van der Waals surface area contributed by atoms with Gasteiger partial charge < -0.3 is 15.7 Å². The molecule has 1 saturated heterocycles. The fourth-order valence-corrected chi connectivity index (χ4v) is 4.46. The van der Waals surface area contributed by atoms with Gasteiger partial charge in [0.15, 0.2) is 11.3 Å². The second kappa shape index (κ2) is 10.8. The highest BCUT2D eigenvalue weighted by molar-refractivity contribution is 5.86. The van der Waals surface area contributed by atoms with Crippen LogP contribution < -0.4 is 10.6 Å². The summed E-state index contributed by atoms with van der Waals surface area (Å²) in [7, 11) is 0. The number of anilines is 2. The van der Waals surface area contributed by atoms with E-state index >= 15 is 4.39 Å². The van der Waals surface area contributed by atoms with Gasteiger partial charge in [-0.1, -0.05) is 13.3 Å². The van der Waals surface area contributed by atoms with Crippen LogP contribution in [0.2, 0.25) is 0 Å². The van der Waals surface area contributed by atoms with Crippen molar-refractivity contribution in [3.8, 4) is 6.07 Å². The van der Waals surface area contributed by atoms with Gasteiger partial charge >= 0.3 is 0 Å². The number of aliphatic hydroxyl groups is 1. The summed E-state index contributed by atoms with van der Waals surface area (Å²) in [6, 6.07) is 5.45. The minimum atomic E-state index is -0.413. The molecule has 34 heavy (non-hydrogen) atoms. The topological polar surface area (TPSA) is 120 Å². The van der Waals surface area contributed by atoms with Crippen molar-refractivity contribution >= 4 is 22.8 Å². The summed E-state index contributed by atoms with van der Waals surface area (Å²) in [5.41, 5.74) is 8.42. The average Bonchev–Trinajstić information content (AvgIpc) is 3.47. The number of aromatic nitrogens is 4. The maximum atomic E-state index is 15.1. The SMILES string of the molecule is CCCCN(CCO)c1nc(N)nc2cn(Cc3c(F)cc(CN4CCCC4)cc3C#N)nc12. The van der Waals surface area contributed by atoms with Gasteiger partial charge in [0.25, 0.3) is 0 Å². The van der Waals surface area contributed by atoms with Gasteiger partial charge in [-0.3, -0.25) is 9.58 Å². The molecule has 0 unspecified atom stereocenters. The number of fused-ring (bicyclic) bond motifs is 1. The number of nitriles is 1. The van der Waals surface area contributed by atoms with Crippen LogP contribution in [0.1, 0.15) is 49.3 Å². The summed E-state index contributed by atoms with van der Waals surface area (Å²) in [5, 5.41) is 23.8. The molecule has 0 aliphatic carbocycles. The molecule has 0 radical (unpaired) electrons. The van der Waals surface area contributed by atoms with E-state index in [0.29, 0.717) is 47.6 Å². The summed E-state index contributed by atoms with van der Waals surface area (Å²) in [4.78, 5) is 12.9. The molecule has 0 amide bonds. The Labute approximate surface area is 198 Å². The smallest absolute Gasteiger partial charge is 0.222 e. The number of nitrogen functional groups attached to an aromatic ring is 1. The molecule has 9 nitrogen and oxygen atoms in total. The molecule has 1 aromatic carbocycles. The van der Waals surface area contributed by atoms with Gasteiger partial charge in [0.1, 0.15) is 11.3 Å². The lowest BCUT2D eigenvalue weighted by molar-refractivity contribution is 0.301. The molecule has 3 aromatic rings. The fraction of sp³-hybridized carbons (Fsp3) is 0.500. The van der Waals surface area contributed by atoms with Crippen molar-refractivity contribution in [3.05, 3.63) is 40.8 Å². The molecule has 0 atom stereocenters. The van der Waals surface area contributed by atoms with Gasteiger partial charge in [0.2, 0.25) is 5.95 Å². The lowest BCUT2D eigenvalue weighted by atomic mass is 10.0. The first-order valence-electron chi connectivity index (χ1n) is 11.8. The van der Waals surface area contributed by atoms with E-state index in [-0.39, 0.29) is 19.1 Å². The third-order valence-electron chi connectivity index (χ3n) is 6.16. The van der Waals surface area contributed by atoms with E-state index in [9.17, 15) is 10.4 Å². The number of nitrogens with two attached hydrogens (primary N) is 1. The number of nitrogens with zero attached hydrogens (tertiary/aromatic N) is 7. The van der Waals surface area contributed by atoms with Crippen LogP contribution in [0, 0.1) is 17.1 Å². The zero-order chi connectivity index (χ0) is 24.1. The average molecular weight is 467 g/mol. The number of unbranched alkanes of at least 4 members (excludes halogenated alkanes) is 1. The Morgan fingerprint density at radius 2 is 2.00 bits per heavy atom. The fourth-order valence-electron chi connectivity index (χ4n) is 4.46. The van der Waals surface area contributed by atoms with Crippen LogP contribution in [0.4, 0.5) is 16.2 Å². The van der Waals surface area contributed by atoms with E-state index < -0.39 is 5.82 Å². The molecule has 0 spiro atoms. The lowest BCUT2D eigenvalue weighted by Crippen LogP contribution is -2.29.